The van der Waals surface area contributed by atoms with E-state index in [1.807, 2.05) is 11.8 Å². The number of aromatic nitrogens is 2. The van der Waals surface area contributed by atoms with E-state index in [1.54, 1.807) is 23.0 Å². The Morgan fingerprint density at radius 1 is 1.47 bits per heavy atom. The zero-order valence-corrected chi connectivity index (χ0v) is 12.3. The molecule has 6 heteroatoms. The van der Waals surface area contributed by atoms with Crippen molar-refractivity contribution in [2.75, 3.05) is 13.1 Å². The van der Waals surface area contributed by atoms with E-state index in [0.29, 0.717) is 5.92 Å². The number of carbonyl (C=O) groups is 1. The molecule has 1 unspecified atom stereocenters. The third-order valence-electron chi connectivity index (χ3n) is 3.34. The molecule has 3 rings (SSSR count). The first-order valence-electron chi connectivity index (χ1n) is 6.34. The van der Waals surface area contributed by atoms with E-state index in [9.17, 15) is 4.79 Å². The van der Waals surface area contributed by atoms with Gasteiger partial charge in [0.1, 0.15) is 4.88 Å². The van der Waals surface area contributed by atoms with Crippen molar-refractivity contribution >= 4 is 28.6 Å². The second-order valence-electron chi connectivity index (χ2n) is 4.78. The van der Waals surface area contributed by atoms with Gasteiger partial charge in [0.05, 0.1) is 16.7 Å². The van der Waals surface area contributed by atoms with Crippen LogP contribution in [0.5, 0.6) is 0 Å². The molecular formula is C13H15N3OS2. The van der Waals surface area contributed by atoms with Crippen molar-refractivity contribution in [3.05, 3.63) is 32.7 Å². The lowest BCUT2D eigenvalue weighted by Gasteiger charge is -2.31. The number of piperidine rings is 1. The van der Waals surface area contributed by atoms with Crippen LogP contribution in [-0.4, -0.2) is 33.9 Å². The highest BCUT2D eigenvalue weighted by Gasteiger charge is 2.27. The molecule has 0 aliphatic carbocycles. The predicted octanol–water partition coefficient (Wildman–Crippen LogP) is 2.93. The molecule has 1 atom stereocenters. The molecule has 4 nitrogen and oxygen atoms in total. The topological polar surface area (TPSA) is 46.1 Å². The standard InChI is InChI=1S/C13H15N3OS2/c1-9-7-18-12(15-9)10-3-2-4-16(6-10)13(17)11-5-14-8-19-11/h5,7-8,10H,2-4,6H2,1H3. The van der Waals surface area contributed by atoms with Gasteiger partial charge in [-0.1, -0.05) is 0 Å². The van der Waals surface area contributed by atoms with Gasteiger partial charge in [0.15, 0.2) is 0 Å². The fraction of sp³-hybridized carbons (Fsp3) is 0.462. The van der Waals surface area contributed by atoms with E-state index < -0.39 is 0 Å². The molecule has 19 heavy (non-hydrogen) atoms. The van der Waals surface area contributed by atoms with Gasteiger partial charge in [0.25, 0.3) is 5.91 Å². The van der Waals surface area contributed by atoms with E-state index in [0.717, 1.165) is 36.5 Å². The summed E-state index contributed by atoms with van der Waals surface area (Å²) >= 11 is 3.12. The molecule has 2 aromatic heterocycles. The Balaban J connectivity index is 1.73. The molecular weight excluding hydrogens is 278 g/mol. The first-order valence-corrected chi connectivity index (χ1v) is 8.10. The number of nitrogens with zero attached hydrogens (tertiary/aromatic N) is 3. The molecule has 100 valence electrons. The van der Waals surface area contributed by atoms with Gasteiger partial charge in [0, 0.05) is 30.1 Å². The Morgan fingerprint density at radius 2 is 2.37 bits per heavy atom. The number of amides is 1. The van der Waals surface area contributed by atoms with E-state index in [2.05, 4.69) is 15.3 Å². The van der Waals surface area contributed by atoms with Crippen LogP contribution >= 0.6 is 22.7 Å². The lowest BCUT2D eigenvalue weighted by Crippen LogP contribution is -2.38. The van der Waals surface area contributed by atoms with Crippen molar-refractivity contribution < 1.29 is 4.79 Å². The second-order valence-corrected chi connectivity index (χ2v) is 6.56. The van der Waals surface area contributed by atoms with Crippen LogP contribution in [0.2, 0.25) is 0 Å². The molecule has 1 amide bonds. The summed E-state index contributed by atoms with van der Waals surface area (Å²) in [5.74, 6) is 0.504. The number of hydrogen-bond acceptors (Lipinski definition) is 5. The number of hydrogen-bond donors (Lipinski definition) is 0. The number of rotatable bonds is 2. The fourth-order valence-electron chi connectivity index (χ4n) is 2.40. The summed E-state index contributed by atoms with van der Waals surface area (Å²) in [4.78, 5) is 23.5. The highest BCUT2D eigenvalue weighted by Crippen LogP contribution is 2.30. The summed E-state index contributed by atoms with van der Waals surface area (Å²) in [6, 6.07) is 0. The maximum atomic E-state index is 12.3. The quantitative estimate of drug-likeness (QED) is 0.855. The molecule has 1 fully saturated rings. The van der Waals surface area contributed by atoms with Crippen LogP contribution in [0, 0.1) is 6.92 Å². The van der Waals surface area contributed by atoms with Gasteiger partial charge < -0.3 is 4.90 Å². The minimum absolute atomic E-state index is 0.112. The lowest BCUT2D eigenvalue weighted by molar-refractivity contribution is 0.0711. The Kier molecular flexibility index (Phi) is 3.61. The minimum atomic E-state index is 0.112. The Hall–Kier alpha value is -1.27. The minimum Gasteiger partial charge on any atom is -0.337 e. The Labute approximate surface area is 120 Å². The highest BCUT2D eigenvalue weighted by molar-refractivity contribution is 7.11. The lowest BCUT2D eigenvalue weighted by atomic mass is 9.98. The number of aryl methyl sites for hydroxylation is 1. The molecule has 3 heterocycles. The van der Waals surface area contributed by atoms with E-state index in [-0.39, 0.29) is 5.91 Å². The number of thiazole rings is 2. The summed E-state index contributed by atoms with van der Waals surface area (Å²) in [5.41, 5.74) is 2.78. The van der Waals surface area contributed by atoms with Gasteiger partial charge in [-0.05, 0) is 19.8 Å². The first-order chi connectivity index (χ1) is 9.24. The van der Waals surface area contributed by atoms with E-state index in [1.165, 1.54) is 16.3 Å². The van der Waals surface area contributed by atoms with Gasteiger partial charge in [-0.25, -0.2) is 4.98 Å². The van der Waals surface area contributed by atoms with Crippen molar-refractivity contribution in [3.8, 4) is 0 Å². The predicted molar refractivity (Wildman–Crippen MR) is 76.8 cm³/mol. The van der Waals surface area contributed by atoms with Gasteiger partial charge in [-0.15, -0.1) is 22.7 Å². The van der Waals surface area contributed by atoms with Crippen LogP contribution in [0.1, 0.15) is 39.1 Å². The maximum absolute atomic E-state index is 12.3. The van der Waals surface area contributed by atoms with Crippen LogP contribution in [-0.2, 0) is 0 Å². The monoisotopic (exact) mass is 293 g/mol. The average molecular weight is 293 g/mol. The molecule has 1 aliphatic heterocycles. The van der Waals surface area contributed by atoms with Crippen LogP contribution < -0.4 is 0 Å². The van der Waals surface area contributed by atoms with Crippen LogP contribution in [0.3, 0.4) is 0 Å². The second kappa shape index (κ2) is 5.38. The Bertz CT molecular complexity index is 564. The van der Waals surface area contributed by atoms with Crippen LogP contribution in [0.25, 0.3) is 0 Å². The largest absolute Gasteiger partial charge is 0.337 e. The Morgan fingerprint density at radius 3 is 3.05 bits per heavy atom. The molecule has 0 N–H and O–H groups in total. The van der Waals surface area contributed by atoms with Crippen molar-refractivity contribution in [2.24, 2.45) is 0 Å². The third-order valence-corrected chi connectivity index (χ3v) is 5.22. The SMILES string of the molecule is Cc1csc(C2CCCN(C(=O)c3cncs3)C2)n1. The normalized spacial score (nSPS) is 19.6. The molecule has 0 aromatic carbocycles. The van der Waals surface area contributed by atoms with Gasteiger partial charge >= 0.3 is 0 Å². The summed E-state index contributed by atoms with van der Waals surface area (Å²) < 4.78 is 0. The highest BCUT2D eigenvalue weighted by atomic mass is 32.1. The third kappa shape index (κ3) is 2.69. The van der Waals surface area contributed by atoms with Gasteiger partial charge in [0.2, 0.25) is 0 Å². The maximum Gasteiger partial charge on any atom is 0.265 e. The van der Waals surface area contributed by atoms with Crippen molar-refractivity contribution in [1.29, 1.82) is 0 Å². The molecule has 0 radical (unpaired) electrons. The van der Waals surface area contributed by atoms with Gasteiger partial charge in [-0.3, -0.25) is 9.78 Å². The van der Waals surface area contributed by atoms with E-state index >= 15 is 0 Å². The van der Waals surface area contributed by atoms with Crippen LogP contribution in [0.4, 0.5) is 0 Å². The summed E-state index contributed by atoms with van der Waals surface area (Å²) in [5, 5.41) is 3.25. The van der Waals surface area contributed by atoms with Crippen molar-refractivity contribution in [1.82, 2.24) is 14.9 Å². The van der Waals surface area contributed by atoms with Crippen molar-refractivity contribution in [3.63, 3.8) is 0 Å². The summed E-state index contributed by atoms with van der Waals surface area (Å²) in [7, 11) is 0. The zero-order chi connectivity index (χ0) is 13.2. The van der Waals surface area contributed by atoms with Crippen molar-refractivity contribution in [2.45, 2.75) is 25.7 Å². The number of carbonyl (C=O) groups excluding carboxylic acids is 1. The molecule has 0 spiro atoms. The van der Waals surface area contributed by atoms with E-state index in [4.69, 9.17) is 0 Å². The zero-order valence-electron chi connectivity index (χ0n) is 10.7. The molecule has 1 saturated heterocycles. The molecule has 2 aromatic rings. The molecule has 1 aliphatic rings. The fourth-order valence-corrected chi connectivity index (χ4v) is 3.91. The van der Waals surface area contributed by atoms with Gasteiger partial charge in [-0.2, -0.15) is 0 Å². The summed E-state index contributed by atoms with van der Waals surface area (Å²) in [6.07, 6.45) is 3.83. The summed E-state index contributed by atoms with van der Waals surface area (Å²) in [6.45, 7) is 3.64. The smallest absolute Gasteiger partial charge is 0.265 e. The average Bonchev–Trinajstić information content (AvgIpc) is 3.09. The van der Waals surface area contributed by atoms with Crippen LogP contribution in [0.15, 0.2) is 17.1 Å². The first kappa shape index (κ1) is 12.7. The molecule has 0 bridgehead atoms. The number of likely N-dealkylation sites (tertiary alicyclic amines) is 1. The molecule has 0 saturated carbocycles.